The minimum atomic E-state index is -0.870. The molecule has 1 aromatic heterocycles. The molecule has 1 aromatic rings. The number of hydrogen-bond acceptors (Lipinski definition) is 5. The number of esters is 1. The van der Waals surface area contributed by atoms with Crippen LogP contribution in [0, 0.1) is 0 Å². The molecule has 0 aliphatic rings. The second-order valence-electron chi connectivity index (χ2n) is 6.67. The van der Waals surface area contributed by atoms with Crippen molar-refractivity contribution in [2.45, 2.75) is 58.8 Å². The first-order valence-electron chi connectivity index (χ1n) is 6.72. The van der Waals surface area contributed by atoms with Gasteiger partial charge in [0.2, 0.25) is 0 Å². The van der Waals surface area contributed by atoms with Crippen LogP contribution in [0.1, 0.15) is 53.1 Å². The Balaban J connectivity index is 2.85. The van der Waals surface area contributed by atoms with E-state index in [1.54, 1.807) is 53.0 Å². The highest BCUT2D eigenvalue weighted by molar-refractivity contribution is 7.08. The summed E-state index contributed by atoms with van der Waals surface area (Å²) in [4.78, 5) is 24.2. The van der Waals surface area contributed by atoms with Gasteiger partial charge in [0.1, 0.15) is 11.2 Å². The number of hydrogen-bond donors (Lipinski definition) is 1. The maximum atomic E-state index is 12.3. The van der Waals surface area contributed by atoms with Crippen molar-refractivity contribution in [3.05, 3.63) is 22.4 Å². The molecule has 118 valence electrons. The Morgan fingerprint density at radius 3 is 2.10 bits per heavy atom. The molecule has 0 radical (unpaired) electrons. The number of thiophene rings is 1. The predicted molar refractivity (Wildman–Crippen MR) is 82.3 cm³/mol. The van der Waals surface area contributed by atoms with Gasteiger partial charge in [0.15, 0.2) is 6.04 Å². The van der Waals surface area contributed by atoms with Crippen molar-refractivity contribution in [2.75, 3.05) is 0 Å². The van der Waals surface area contributed by atoms with Crippen LogP contribution >= 0.6 is 11.3 Å². The van der Waals surface area contributed by atoms with Crippen molar-refractivity contribution in [2.24, 2.45) is 0 Å². The average molecular weight is 313 g/mol. The molecule has 1 N–H and O–H groups in total. The van der Waals surface area contributed by atoms with Crippen molar-refractivity contribution < 1.29 is 19.1 Å². The van der Waals surface area contributed by atoms with Gasteiger partial charge in [-0.2, -0.15) is 11.3 Å². The summed E-state index contributed by atoms with van der Waals surface area (Å²) in [5, 5.41) is 6.20. The summed E-state index contributed by atoms with van der Waals surface area (Å²) in [5.41, 5.74) is -0.571. The van der Waals surface area contributed by atoms with Crippen molar-refractivity contribution in [1.29, 1.82) is 0 Å². The number of alkyl carbamates (subject to hydrolysis) is 1. The molecule has 5 nitrogen and oxygen atoms in total. The number of ether oxygens (including phenoxy) is 2. The van der Waals surface area contributed by atoms with Crippen molar-refractivity contribution in [3.63, 3.8) is 0 Å². The first-order valence-corrected chi connectivity index (χ1v) is 7.67. The zero-order valence-electron chi connectivity index (χ0n) is 13.4. The molecule has 0 bridgehead atoms. The van der Waals surface area contributed by atoms with Crippen molar-refractivity contribution in [3.8, 4) is 0 Å². The van der Waals surface area contributed by atoms with E-state index in [1.807, 2.05) is 5.38 Å². The minimum absolute atomic E-state index is 0.508. The van der Waals surface area contributed by atoms with Gasteiger partial charge in [-0.1, -0.05) is 0 Å². The fourth-order valence-electron chi connectivity index (χ4n) is 1.50. The van der Waals surface area contributed by atoms with Crippen molar-refractivity contribution >= 4 is 23.4 Å². The van der Waals surface area contributed by atoms with Gasteiger partial charge in [-0.3, -0.25) is 0 Å². The molecular formula is C15H23NO4S. The third-order valence-corrected chi connectivity index (χ3v) is 2.88. The molecular weight excluding hydrogens is 290 g/mol. The Kier molecular flexibility index (Phi) is 5.39. The number of carbonyl (C=O) groups excluding carboxylic acids is 2. The molecule has 1 heterocycles. The summed E-state index contributed by atoms with van der Waals surface area (Å²) in [6, 6.07) is 0.904. The van der Waals surface area contributed by atoms with Gasteiger partial charge in [0, 0.05) is 0 Å². The highest BCUT2D eigenvalue weighted by Gasteiger charge is 2.30. The van der Waals surface area contributed by atoms with E-state index >= 15 is 0 Å². The quantitative estimate of drug-likeness (QED) is 0.865. The van der Waals surface area contributed by atoms with Crippen molar-refractivity contribution in [1.82, 2.24) is 5.32 Å². The maximum Gasteiger partial charge on any atom is 0.408 e. The van der Waals surface area contributed by atoms with Gasteiger partial charge >= 0.3 is 12.1 Å². The van der Waals surface area contributed by atoms with E-state index in [1.165, 1.54) is 11.3 Å². The van der Waals surface area contributed by atoms with Gasteiger partial charge in [0.05, 0.1) is 0 Å². The molecule has 1 rings (SSSR count). The third kappa shape index (κ3) is 6.62. The number of amides is 1. The number of nitrogens with one attached hydrogen (secondary N) is 1. The molecule has 0 saturated heterocycles. The molecule has 6 heteroatoms. The lowest BCUT2D eigenvalue weighted by atomic mass is 10.1. The molecule has 0 saturated carbocycles. The van der Waals surface area contributed by atoms with Crippen LogP contribution in [0.2, 0.25) is 0 Å². The smallest absolute Gasteiger partial charge is 0.408 e. The summed E-state index contributed by atoms with van der Waals surface area (Å²) in [7, 11) is 0. The van der Waals surface area contributed by atoms with Crippen LogP contribution in [0.4, 0.5) is 4.79 Å². The van der Waals surface area contributed by atoms with E-state index in [0.717, 1.165) is 0 Å². The Hall–Kier alpha value is -1.56. The summed E-state index contributed by atoms with van der Waals surface area (Å²) >= 11 is 1.44. The normalized spacial score (nSPS) is 13.4. The molecule has 0 aliphatic carbocycles. The van der Waals surface area contributed by atoms with E-state index in [0.29, 0.717) is 5.56 Å². The van der Waals surface area contributed by atoms with Gasteiger partial charge in [-0.05, 0) is 63.9 Å². The fourth-order valence-corrected chi connectivity index (χ4v) is 2.19. The molecule has 1 amide bonds. The SMILES string of the molecule is CC(C)(C)OC(=O)N[C@H](C(=O)OC(C)(C)C)c1ccsc1. The van der Waals surface area contributed by atoms with Crippen LogP contribution in [-0.2, 0) is 14.3 Å². The topological polar surface area (TPSA) is 64.6 Å². The highest BCUT2D eigenvalue weighted by Crippen LogP contribution is 2.21. The fraction of sp³-hybridized carbons (Fsp3) is 0.600. The Morgan fingerprint density at radius 1 is 1.10 bits per heavy atom. The van der Waals surface area contributed by atoms with Gasteiger partial charge in [-0.15, -0.1) is 0 Å². The lowest BCUT2D eigenvalue weighted by Gasteiger charge is -2.26. The van der Waals surface area contributed by atoms with E-state index in [2.05, 4.69) is 5.32 Å². The molecule has 0 aromatic carbocycles. The van der Waals surface area contributed by atoms with Crippen LogP contribution in [0.5, 0.6) is 0 Å². The van der Waals surface area contributed by atoms with Crippen LogP contribution in [-0.4, -0.2) is 23.3 Å². The van der Waals surface area contributed by atoms with Crippen LogP contribution in [0.15, 0.2) is 16.8 Å². The summed E-state index contributed by atoms with van der Waals surface area (Å²) in [6.45, 7) is 10.6. The molecule has 0 aliphatic heterocycles. The monoisotopic (exact) mass is 313 g/mol. The number of rotatable bonds is 3. The first kappa shape index (κ1) is 17.5. The molecule has 0 unspecified atom stereocenters. The standard InChI is InChI=1S/C15H23NO4S/c1-14(2,3)19-12(17)11(10-7-8-21-9-10)16-13(18)20-15(4,5)6/h7-9,11H,1-6H3,(H,16,18)/t11-/m0/s1. The first-order chi connectivity index (χ1) is 9.48. The molecule has 0 spiro atoms. The van der Waals surface area contributed by atoms with E-state index in [-0.39, 0.29) is 0 Å². The van der Waals surface area contributed by atoms with Gasteiger partial charge in [-0.25, -0.2) is 9.59 Å². The van der Waals surface area contributed by atoms with Gasteiger partial charge < -0.3 is 14.8 Å². The molecule has 0 fully saturated rings. The zero-order chi connectivity index (χ0) is 16.3. The van der Waals surface area contributed by atoms with E-state index in [9.17, 15) is 9.59 Å². The molecule has 1 atom stereocenters. The minimum Gasteiger partial charge on any atom is -0.458 e. The van der Waals surface area contributed by atoms with Crippen LogP contribution < -0.4 is 5.32 Å². The second-order valence-corrected chi connectivity index (χ2v) is 7.45. The lowest BCUT2D eigenvalue weighted by Crippen LogP contribution is -2.40. The van der Waals surface area contributed by atoms with E-state index < -0.39 is 29.3 Å². The highest BCUT2D eigenvalue weighted by atomic mass is 32.1. The summed E-state index contributed by atoms with van der Waals surface area (Å²) in [5.74, 6) is -0.508. The van der Waals surface area contributed by atoms with E-state index in [4.69, 9.17) is 9.47 Å². The Bertz CT molecular complexity index is 483. The second kappa shape index (κ2) is 6.47. The maximum absolute atomic E-state index is 12.3. The average Bonchev–Trinajstić information content (AvgIpc) is 2.73. The summed E-state index contributed by atoms with van der Waals surface area (Å²) in [6.07, 6.45) is -0.649. The largest absolute Gasteiger partial charge is 0.458 e. The Labute approximate surface area is 129 Å². The third-order valence-electron chi connectivity index (χ3n) is 2.18. The summed E-state index contributed by atoms with van der Waals surface area (Å²) < 4.78 is 10.5. The van der Waals surface area contributed by atoms with Crippen LogP contribution in [0.25, 0.3) is 0 Å². The Morgan fingerprint density at radius 2 is 1.67 bits per heavy atom. The van der Waals surface area contributed by atoms with Crippen LogP contribution in [0.3, 0.4) is 0 Å². The zero-order valence-corrected chi connectivity index (χ0v) is 14.2. The number of carbonyl (C=O) groups is 2. The lowest BCUT2D eigenvalue weighted by molar-refractivity contribution is -0.157. The molecule has 21 heavy (non-hydrogen) atoms. The predicted octanol–water partition coefficient (Wildman–Crippen LogP) is 3.66. The van der Waals surface area contributed by atoms with Gasteiger partial charge in [0.25, 0.3) is 0 Å².